The minimum atomic E-state index is -4.74. The largest absolute Gasteiger partial charge is 0.418 e. The zero-order chi connectivity index (χ0) is 31.3. The minimum absolute atomic E-state index is 0. The molecule has 2 atom stereocenters. The monoisotopic (exact) mass is 671 g/mol. The Hall–Kier alpha value is -3.78. The van der Waals surface area contributed by atoms with Crippen LogP contribution in [-0.4, -0.2) is 28.0 Å². The molecular formula is C31H28F7N3O2S2. The van der Waals surface area contributed by atoms with E-state index in [1.165, 1.54) is 41.3 Å². The maximum atomic E-state index is 14.1. The number of hydrogen-bond donors (Lipinski definition) is 0. The van der Waals surface area contributed by atoms with Gasteiger partial charge in [-0.3, -0.25) is 14.5 Å². The smallest absolute Gasteiger partial charge is 0.296 e. The second-order valence-corrected chi connectivity index (χ2v) is 10.2. The molecule has 14 heteroatoms. The topological polar surface area (TPSA) is 55.2 Å². The van der Waals surface area contributed by atoms with Gasteiger partial charge >= 0.3 is 12.4 Å². The number of alkyl halides is 6. The highest BCUT2D eigenvalue weighted by molar-refractivity contribution is 7.59. The van der Waals surface area contributed by atoms with Crippen LogP contribution in [0.5, 0.6) is 0 Å². The van der Waals surface area contributed by atoms with E-state index >= 15 is 0 Å². The highest BCUT2D eigenvalue weighted by Crippen LogP contribution is 2.48. The number of halogens is 7. The molecule has 4 aromatic rings. The molecule has 1 amide bonds. The fraction of sp³-hybridized carbons (Fsp3) is 0.258. The van der Waals surface area contributed by atoms with Gasteiger partial charge in [-0.1, -0.05) is 36.4 Å². The number of anilines is 1. The Bertz CT molecular complexity index is 1700. The van der Waals surface area contributed by atoms with E-state index in [9.17, 15) is 40.3 Å². The summed E-state index contributed by atoms with van der Waals surface area (Å²) in [4.78, 5) is 28.7. The highest BCUT2D eigenvalue weighted by atomic mass is 32.1. The van der Waals surface area contributed by atoms with Crippen LogP contribution in [-0.2, 0) is 17.1 Å². The van der Waals surface area contributed by atoms with Crippen molar-refractivity contribution in [1.29, 1.82) is 0 Å². The fourth-order valence-corrected chi connectivity index (χ4v) is 5.63. The van der Waals surface area contributed by atoms with Crippen LogP contribution in [0.2, 0.25) is 0 Å². The number of carbonyl (C=O) groups is 2. The molecule has 240 valence electrons. The molecule has 0 saturated heterocycles. The summed E-state index contributed by atoms with van der Waals surface area (Å²) in [5.41, 5.74) is -1.57. The Kier molecular flexibility index (Phi) is 10.5. The van der Waals surface area contributed by atoms with Crippen LogP contribution in [0.25, 0.3) is 5.69 Å². The van der Waals surface area contributed by atoms with Gasteiger partial charge in [0.25, 0.3) is 0 Å². The lowest BCUT2D eigenvalue weighted by Crippen LogP contribution is -2.45. The van der Waals surface area contributed by atoms with Crippen LogP contribution >= 0.6 is 27.0 Å². The second kappa shape index (κ2) is 13.3. The van der Waals surface area contributed by atoms with Crippen molar-refractivity contribution >= 4 is 44.5 Å². The number of benzene rings is 3. The van der Waals surface area contributed by atoms with Crippen molar-refractivity contribution < 1.29 is 40.3 Å². The molecule has 0 fully saturated rings. The van der Waals surface area contributed by atoms with Gasteiger partial charge in [0, 0.05) is 30.0 Å². The summed E-state index contributed by atoms with van der Waals surface area (Å²) in [6.07, 6.45) is -9.95. The lowest BCUT2D eigenvalue weighted by atomic mass is 9.74. The van der Waals surface area contributed by atoms with E-state index in [2.05, 4.69) is 5.10 Å². The van der Waals surface area contributed by atoms with E-state index in [4.69, 9.17) is 0 Å². The zero-order valence-electron chi connectivity index (χ0n) is 23.8. The van der Waals surface area contributed by atoms with Crippen molar-refractivity contribution in [3.8, 4) is 5.69 Å². The first-order chi connectivity index (χ1) is 20.2. The Labute approximate surface area is 267 Å². The second-order valence-electron chi connectivity index (χ2n) is 10.2. The molecule has 0 N–H and O–H groups in total. The van der Waals surface area contributed by atoms with E-state index in [-0.39, 0.29) is 56.3 Å². The Morgan fingerprint density at radius 3 is 2.13 bits per heavy atom. The third kappa shape index (κ3) is 6.76. The number of hydrogen-bond acceptors (Lipinski definition) is 3. The van der Waals surface area contributed by atoms with Gasteiger partial charge in [0.05, 0.1) is 28.4 Å². The Morgan fingerprint density at radius 1 is 0.889 bits per heavy atom. The molecule has 0 aliphatic carbocycles. The third-order valence-electron chi connectivity index (χ3n) is 7.53. The summed E-state index contributed by atoms with van der Waals surface area (Å²) in [5, 5.41) is 4.41. The first-order valence-corrected chi connectivity index (χ1v) is 13.3. The average Bonchev–Trinajstić information content (AvgIpc) is 3.29. The van der Waals surface area contributed by atoms with Gasteiger partial charge < -0.3 is 0 Å². The third-order valence-corrected chi connectivity index (χ3v) is 7.53. The summed E-state index contributed by atoms with van der Waals surface area (Å²) in [6, 6.07) is 13.7. The van der Waals surface area contributed by atoms with Crippen LogP contribution < -0.4 is 4.90 Å². The first-order valence-electron chi connectivity index (χ1n) is 13.3. The van der Waals surface area contributed by atoms with E-state index in [0.717, 1.165) is 35.0 Å². The van der Waals surface area contributed by atoms with Gasteiger partial charge in [-0.15, -0.1) is 0 Å². The lowest BCUT2D eigenvalue weighted by molar-refractivity contribution is -0.138. The number of fused-ring (bicyclic) bond motifs is 1. The van der Waals surface area contributed by atoms with Crippen molar-refractivity contribution in [3.63, 3.8) is 0 Å². The fourth-order valence-electron chi connectivity index (χ4n) is 5.63. The molecule has 45 heavy (non-hydrogen) atoms. The van der Waals surface area contributed by atoms with Gasteiger partial charge in [0.2, 0.25) is 5.91 Å². The van der Waals surface area contributed by atoms with Crippen LogP contribution in [0.3, 0.4) is 0 Å². The van der Waals surface area contributed by atoms with Gasteiger partial charge in [0.1, 0.15) is 11.6 Å². The number of carbonyl (C=O) groups excluding carboxylic acids is 2. The maximum absolute atomic E-state index is 14.1. The molecule has 0 unspecified atom stereocenters. The summed E-state index contributed by atoms with van der Waals surface area (Å²) in [5.74, 6) is -4.01. The number of para-hydroxylation sites is 1. The molecule has 1 aliphatic heterocycles. The molecule has 5 nitrogen and oxygen atoms in total. The lowest BCUT2D eigenvalue weighted by Gasteiger charge is -2.38. The summed E-state index contributed by atoms with van der Waals surface area (Å²) < 4.78 is 97.0. The number of rotatable bonds is 6. The van der Waals surface area contributed by atoms with Crippen molar-refractivity contribution in [2.45, 2.75) is 38.5 Å². The van der Waals surface area contributed by atoms with Crippen molar-refractivity contribution in [3.05, 3.63) is 112 Å². The molecule has 1 aliphatic rings. The summed E-state index contributed by atoms with van der Waals surface area (Å²) >= 11 is 0. The number of aromatic nitrogens is 2. The molecule has 0 bridgehead atoms. The number of aryl methyl sites for hydroxylation is 1. The van der Waals surface area contributed by atoms with E-state index in [1.54, 1.807) is 13.8 Å². The van der Waals surface area contributed by atoms with Crippen molar-refractivity contribution in [2.24, 2.45) is 5.92 Å². The molecule has 0 saturated carbocycles. The summed E-state index contributed by atoms with van der Waals surface area (Å²) in [7, 11) is 0. The van der Waals surface area contributed by atoms with E-state index in [0.29, 0.717) is 17.2 Å². The van der Waals surface area contributed by atoms with Crippen molar-refractivity contribution in [2.75, 3.05) is 11.4 Å². The molecule has 5 rings (SSSR count). The molecule has 0 radical (unpaired) electrons. The van der Waals surface area contributed by atoms with Crippen LogP contribution in [0.4, 0.5) is 36.6 Å². The molecule has 3 aromatic carbocycles. The molecule has 0 spiro atoms. The minimum Gasteiger partial charge on any atom is -0.296 e. The maximum Gasteiger partial charge on any atom is 0.418 e. The number of Topliss-reactive ketones (excluding diaryl/α,β-unsaturated/α-hetero) is 1. The molecule has 1 aromatic heterocycles. The predicted octanol–water partition coefficient (Wildman–Crippen LogP) is 7.97. The zero-order valence-corrected chi connectivity index (χ0v) is 25.8. The van der Waals surface area contributed by atoms with Crippen LogP contribution in [0.1, 0.15) is 57.6 Å². The summed E-state index contributed by atoms with van der Waals surface area (Å²) in [6.45, 7) is 3.15. The first kappa shape index (κ1) is 35.7. The quantitative estimate of drug-likeness (QED) is 0.154. The van der Waals surface area contributed by atoms with Gasteiger partial charge in [-0.2, -0.15) is 58.4 Å². The molecular weight excluding hydrogens is 643 g/mol. The van der Waals surface area contributed by atoms with Crippen LogP contribution in [0, 0.1) is 18.7 Å². The Morgan fingerprint density at radius 2 is 1.53 bits per heavy atom. The number of ketones is 1. The van der Waals surface area contributed by atoms with Gasteiger partial charge in [-0.25, -0.2) is 9.07 Å². The molecule has 2 heterocycles. The predicted molar refractivity (Wildman–Crippen MR) is 164 cm³/mol. The highest BCUT2D eigenvalue weighted by Gasteiger charge is 2.46. The SMILES string of the molecule is CCN1C(=O)[C@@H](CC(=O)c2cccc(C(F)(F)F)c2)[C@@H](c2ccc(F)cc2)c2c(C)nn(-c3ccccc3C(F)(F)F)c21.S.S. The van der Waals surface area contributed by atoms with Gasteiger partial charge in [-0.05, 0) is 55.8 Å². The van der Waals surface area contributed by atoms with E-state index < -0.39 is 59.2 Å². The van der Waals surface area contributed by atoms with Crippen molar-refractivity contribution in [1.82, 2.24) is 9.78 Å². The normalized spacial score (nSPS) is 16.5. The van der Waals surface area contributed by atoms with Crippen LogP contribution in [0.15, 0.2) is 72.8 Å². The Balaban J connectivity index is 0.00000276. The standard InChI is InChI=1S/C31H24F7N3O2.2H2S/c1-3-40-28-26(17(2)39-41(28)24-10-5-4-9-23(24)31(36,37)38)27(18-11-13-21(32)14-12-18)22(29(40)43)16-25(42)19-7-6-8-20(15-19)30(33,34)35;;/h4-15,22,27H,3,16H2,1-2H3;2*1H2/t22-,27+;;/m0../s1. The van der Waals surface area contributed by atoms with Gasteiger partial charge in [0.15, 0.2) is 5.78 Å². The average molecular weight is 672 g/mol. The number of nitrogens with zero attached hydrogens (tertiary/aromatic N) is 3. The number of amides is 1. The van der Waals surface area contributed by atoms with E-state index in [1.807, 2.05) is 0 Å².